The van der Waals surface area contributed by atoms with Crippen LogP contribution in [0.2, 0.25) is 0 Å². The Morgan fingerprint density at radius 3 is 2.00 bits per heavy atom. The molecule has 2 aromatic heterocycles. The van der Waals surface area contributed by atoms with E-state index in [1.807, 2.05) is 0 Å². The van der Waals surface area contributed by atoms with Crippen LogP contribution in [0.5, 0.6) is 0 Å². The zero-order valence-electron chi connectivity index (χ0n) is 9.64. The van der Waals surface area contributed by atoms with Crippen molar-refractivity contribution in [3.63, 3.8) is 0 Å². The minimum atomic E-state index is -4.80. The topological polar surface area (TPSA) is 82.5 Å². The molecule has 0 aliphatic heterocycles. The molecule has 0 amide bonds. The summed E-state index contributed by atoms with van der Waals surface area (Å²) < 4.78 is 74.2. The summed E-state index contributed by atoms with van der Waals surface area (Å²) >= 11 is 0.494. The predicted octanol–water partition coefficient (Wildman–Crippen LogP) is 1.97. The lowest BCUT2D eigenvalue weighted by Gasteiger charge is -2.06. The summed E-state index contributed by atoms with van der Waals surface area (Å²) in [5, 5.41) is 11.7. The van der Waals surface area contributed by atoms with Crippen molar-refractivity contribution < 1.29 is 26.3 Å². The number of alkyl halides is 6. The third-order valence-electron chi connectivity index (χ3n) is 2.04. The van der Waals surface area contributed by atoms with Crippen LogP contribution >= 0.6 is 11.8 Å². The predicted molar refractivity (Wildman–Crippen MR) is 56.3 cm³/mol. The molecule has 0 atom stereocenters. The summed E-state index contributed by atoms with van der Waals surface area (Å²) in [5.41, 5.74) is -1.22. The highest BCUT2D eigenvalue weighted by atomic mass is 32.2. The zero-order chi connectivity index (χ0) is 15.8. The third kappa shape index (κ3) is 3.34. The van der Waals surface area contributed by atoms with Gasteiger partial charge in [-0.2, -0.15) is 26.3 Å². The maximum absolute atomic E-state index is 12.4. The fraction of sp³-hybridized carbons (Fsp3) is 0.250. The normalized spacial score (nSPS) is 12.7. The molecule has 0 unspecified atom stereocenters. The molecule has 21 heavy (non-hydrogen) atoms. The second-order valence-corrected chi connectivity index (χ2v) is 4.52. The largest absolute Gasteiger partial charge is 0.453 e. The van der Waals surface area contributed by atoms with Crippen molar-refractivity contribution in [1.29, 1.82) is 0 Å². The van der Waals surface area contributed by atoms with E-state index in [-0.39, 0.29) is 9.70 Å². The van der Waals surface area contributed by atoms with E-state index in [2.05, 4.69) is 20.4 Å². The summed E-state index contributed by atoms with van der Waals surface area (Å²) in [5.74, 6) is 3.72. The molecular formula is C8H4F6N6S. The van der Waals surface area contributed by atoms with Gasteiger partial charge in [0.25, 0.3) is 5.82 Å². The van der Waals surface area contributed by atoms with Gasteiger partial charge in [0.2, 0.25) is 5.16 Å². The van der Waals surface area contributed by atoms with Crippen LogP contribution in [0.25, 0.3) is 0 Å². The molecule has 0 spiro atoms. The van der Waals surface area contributed by atoms with E-state index in [0.717, 1.165) is 6.07 Å². The van der Waals surface area contributed by atoms with Gasteiger partial charge in [-0.05, 0) is 23.9 Å². The molecule has 0 radical (unpaired) electrons. The van der Waals surface area contributed by atoms with E-state index < -0.39 is 29.0 Å². The van der Waals surface area contributed by atoms with Gasteiger partial charge in [0.1, 0.15) is 5.03 Å². The Labute approximate surface area is 116 Å². The van der Waals surface area contributed by atoms with Crippen molar-refractivity contribution in [3.8, 4) is 0 Å². The summed E-state index contributed by atoms with van der Waals surface area (Å²) in [6.07, 6.45) is -9.46. The van der Waals surface area contributed by atoms with Crippen molar-refractivity contribution in [2.45, 2.75) is 22.5 Å². The first-order valence-corrected chi connectivity index (χ1v) is 5.77. The van der Waals surface area contributed by atoms with E-state index in [1.54, 1.807) is 0 Å². The van der Waals surface area contributed by atoms with E-state index in [0.29, 0.717) is 17.8 Å². The fourth-order valence-electron chi connectivity index (χ4n) is 1.16. The first-order valence-electron chi connectivity index (χ1n) is 4.95. The number of nitrogens with zero attached hydrogens (tertiary/aromatic N) is 5. The van der Waals surface area contributed by atoms with Crippen molar-refractivity contribution in [3.05, 3.63) is 23.7 Å². The highest BCUT2D eigenvalue weighted by Crippen LogP contribution is 2.32. The molecule has 0 saturated heterocycles. The van der Waals surface area contributed by atoms with Gasteiger partial charge in [-0.15, -0.1) is 20.4 Å². The maximum Gasteiger partial charge on any atom is 0.453 e. The minimum Gasteiger partial charge on any atom is -0.335 e. The molecule has 13 heteroatoms. The second kappa shape index (κ2) is 5.05. The molecular weight excluding hydrogens is 326 g/mol. The molecule has 2 N–H and O–H groups in total. The lowest BCUT2D eigenvalue weighted by Crippen LogP contribution is -2.21. The van der Waals surface area contributed by atoms with Crippen LogP contribution in [0.1, 0.15) is 11.5 Å². The number of nitrogen functional groups attached to an aromatic ring is 1. The van der Waals surface area contributed by atoms with Crippen molar-refractivity contribution in [2.75, 3.05) is 5.84 Å². The molecule has 6 nitrogen and oxygen atoms in total. The number of hydrogen-bond acceptors (Lipinski definition) is 6. The van der Waals surface area contributed by atoms with Gasteiger partial charge < -0.3 is 5.84 Å². The summed E-state index contributed by atoms with van der Waals surface area (Å²) in [6.45, 7) is 0. The van der Waals surface area contributed by atoms with E-state index in [1.165, 1.54) is 0 Å². The van der Waals surface area contributed by atoms with Crippen LogP contribution in [-0.4, -0.2) is 25.1 Å². The van der Waals surface area contributed by atoms with Crippen LogP contribution in [0.15, 0.2) is 22.3 Å². The zero-order valence-corrected chi connectivity index (χ0v) is 10.5. The molecule has 0 aliphatic carbocycles. The summed E-state index contributed by atoms with van der Waals surface area (Å²) in [6, 6.07) is 1.57. The van der Waals surface area contributed by atoms with Gasteiger partial charge in [-0.1, -0.05) is 0 Å². The summed E-state index contributed by atoms with van der Waals surface area (Å²) in [7, 11) is 0. The van der Waals surface area contributed by atoms with Crippen molar-refractivity contribution in [2.24, 2.45) is 0 Å². The highest BCUT2D eigenvalue weighted by molar-refractivity contribution is 7.99. The molecule has 0 saturated carbocycles. The van der Waals surface area contributed by atoms with E-state index >= 15 is 0 Å². The maximum atomic E-state index is 12.4. The molecule has 2 rings (SSSR count). The molecule has 0 fully saturated rings. The van der Waals surface area contributed by atoms with Gasteiger partial charge in [-0.25, -0.2) is 4.68 Å². The monoisotopic (exact) mass is 330 g/mol. The molecule has 0 aliphatic rings. The Morgan fingerprint density at radius 1 is 0.905 bits per heavy atom. The average Bonchev–Trinajstić information content (AvgIpc) is 2.70. The Kier molecular flexibility index (Phi) is 3.69. The van der Waals surface area contributed by atoms with Gasteiger partial charge in [0.05, 0.1) is 0 Å². The Bertz CT molecular complexity index is 632. The van der Waals surface area contributed by atoms with Crippen LogP contribution in [-0.2, 0) is 12.4 Å². The standard InChI is InChI=1S/C8H4F6N6S/c9-7(10,11)3-1-2-4(17-16-3)21-6-19-18-5(20(6)15)8(12,13)14/h1-2H,15H2. The van der Waals surface area contributed by atoms with Crippen LogP contribution < -0.4 is 5.84 Å². The lowest BCUT2D eigenvalue weighted by molar-refractivity contribution is -0.147. The number of rotatable bonds is 2. The molecule has 0 aromatic carbocycles. The quantitative estimate of drug-likeness (QED) is 0.670. The van der Waals surface area contributed by atoms with Crippen molar-refractivity contribution in [1.82, 2.24) is 25.1 Å². The highest BCUT2D eigenvalue weighted by Gasteiger charge is 2.38. The number of aromatic nitrogens is 5. The first-order chi connectivity index (χ1) is 9.59. The minimum absolute atomic E-state index is 0.115. The number of hydrogen-bond donors (Lipinski definition) is 1. The number of halogens is 6. The van der Waals surface area contributed by atoms with Crippen LogP contribution in [0.4, 0.5) is 26.3 Å². The average molecular weight is 330 g/mol. The second-order valence-electron chi connectivity index (χ2n) is 3.53. The summed E-state index contributed by atoms with van der Waals surface area (Å²) in [4.78, 5) is 0. The van der Waals surface area contributed by atoms with Gasteiger partial charge in [-0.3, -0.25) is 0 Å². The molecule has 114 valence electrons. The fourth-order valence-corrected chi connectivity index (χ4v) is 1.83. The third-order valence-corrected chi connectivity index (χ3v) is 2.93. The Balaban J connectivity index is 2.22. The van der Waals surface area contributed by atoms with Crippen LogP contribution in [0, 0.1) is 0 Å². The number of nitrogens with two attached hydrogens (primary N) is 1. The molecule has 2 aromatic rings. The van der Waals surface area contributed by atoms with Crippen molar-refractivity contribution >= 4 is 11.8 Å². The molecule has 2 heterocycles. The van der Waals surface area contributed by atoms with Gasteiger partial charge in [0, 0.05) is 0 Å². The van der Waals surface area contributed by atoms with Gasteiger partial charge in [0.15, 0.2) is 5.69 Å². The molecule has 0 bridgehead atoms. The lowest BCUT2D eigenvalue weighted by atomic mass is 10.4. The van der Waals surface area contributed by atoms with E-state index in [9.17, 15) is 26.3 Å². The van der Waals surface area contributed by atoms with E-state index in [4.69, 9.17) is 5.84 Å². The Morgan fingerprint density at radius 2 is 1.57 bits per heavy atom. The Hall–Kier alpha value is -2.05. The van der Waals surface area contributed by atoms with Gasteiger partial charge >= 0.3 is 12.4 Å². The smallest absolute Gasteiger partial charge is 0.335 e. The first kappa shape index (κ1) is 15.3. The van der Waals surface area contributed by atoms with Crippen LogP contribution in [0.3, 0.4) is 0 Å². The SMILES string of the molecule is Nn1c(Sc2ccc(C(F)(F)F)nn2)nnc1C(F)(F)F.